The summed E-state index contributed by atoms with van der Waals surface area (Å²) in [5.41, 5.74) is 0. The zero-order valence-corrected chi connectivity index (χ0v) is 11.7. The van der Waals surface area contributed by atoms with Crippen molar-refractivity contribution in [2.75, 3.05) is 13.2 Å². The second-order valence-corrected chi connectivity index (χ2v) is 5.36. The fraction of sp³-hybridized carbons (Fsp3) is 0.909. The van der Waals surface area contributed by atoms with E-state index < -0.39 is 55.2 Å². The molecule has 122 valence electrons. The maximum atomic E-state index is 11.2. The molecule has 0 aliphatic carbocycles. The number of nitroso groups, excluding NO2 is 1. The molecule has 0 amide bonds. The van der Waals surface area contributed by atoms with Crippen LogP contribution >= 0.6 is 0 Å². The van der Waals surface area contributed by atoms with Gasteiger partial charge in [0.25, 0.3) is 0 Å². The van der Waals surface area contributed by atoms with Gasteiger partial charge >= 0.3 is 5.97 Å². The molecule has 1 saturated heterocycles. The third kappa shape index (κ3) is 3.66. The van der Waals surface area contributed by atoms with Gasteiger partial charge in [0, 0.05) is 0 Å². The van der Waals surface area contributed by atoms with Crippen LogP contribution in [0.5, 0.6) is 0 Å². The highest BCUT2D eigenvalue weighted by atomic mass is 16.6. The Morgan fingerprint density at radius 2 is 2.00 bits per heavy atom. The van der Waals surface area contributed by atoms with Crippen molar-refractivity contribution in [2.24, 2.45) is 11.2 Å². The Hall–Kier alpha value is -1.33. The summed E-state index contributed by atoms with van der Waals surface area (Å²) in [5, 5.41) is 51.0. The van der Waals surface area contributed by atoms with E-state index in [4.69, 9.17) is 9.84 Å². The minimum absolute atomic E-state index is 0.485. The van der Waals surface area contributed by atoms with Crippen molar-refractivity contribution in [3.8, 4) is 0 Å². The summed E-state index contributed by atoms with van der Waals surface area (Å²) in [6, 6.07) is -1.34. The molecule has 0 radical (unpaired) electrons. The molecule has 0 spiro atoms. The Bertz CT molecular complexity index is 392. The van der Waals surface area contributed by atoms with Gasteiger partial charge in [-0.05, 0) is 5.92 Å². The van der Waals surface area contributed by atoms with Gasteiger partial charge in [0.1, 0.15) is 24.4 Å². The first-order valence-electron chi connectivity index (χ1n) is 6.37. The van der Waals surface area contributed by atoms with Crippen LogP contribution in [0.3, 0.4) is 0 Å². The molecule has 0 bridgehead atoms. The summed E-state index contributed by atoms with van der Waals surface area (Å²) in [6.07, 6.45) is -5.02. The normalized spacial score (nSPS) is 34.5. The second-order valence-electron chi connectivity index (χ2n) is 5.36. The molecule has 0 unspecified atom stereocenters. The molecule has 21 heavy (non-hydrogen) atoms. The van der Waals surface area contributed by atoms with Crippen LogP contribution in [0.15, 0.2) is 5.29 Å². The smallest absolute Gasteiger partial charge is 0.328 e. The molecule has 1 fully saturated rings. The number of carboxylic acid groups (broad SMARTS) is 1. The Morgan fingerprint density at radius 3 is 2.43 bits per heavy atom. The molecule has 1 heterocycles. The molecule has 5 atom stereocenters. The fourth-order valence-electron chi connectivity index (χ4n) is 2.20. The highest BCUT2D eigenvalue weighted by Gasteiger charge is 2.51. The van der Waals surface area contributed by atoms with Crippen LogP contribution in [0.1, 0.15) is 13.8 Å². The first kappa shape index (κ1) is 17.7. The highest BCUT2D eigenvalue weighted by Crippen LogP contribution is 2.26. The standard InChI is InChI=1S/C11H20N2O8/c1-5(2)7(10(17)18)13(12-20)4-11(19)9(16)8(15)6(14)3-21-11/h5-9,14-16,19H,3-4H2,1-2H3,(H,17,18)/t6-,7+,8-,9-,11+/m1/s1. The topological polar surface area (TPSA) is 160 Å². The largest absolute Gasteiger partial charge is 0.480 e. The van der Waals surface area contributed by atoms with Crippen molar-refractivity contribution in [1.29, 1.82) is 0 Å². The number of carbonyl (C=O) groups is 1. The number of aliphatic carboxylic acids is 1. The van der Waals surface area contributed by atoms with Gasteiger partial charge in [-0.3, -0.25) is 0 Å². The van der Waals surface area contributed by atoms with E-state index in [1.807, 2.05) is 0 Å². The van der Waals surface area contributed by atoms with E-state index in [1.165, 1.54) is 13.8 Å². The van der Waals surface area contributed by atoms with Crippen molar-refractivity contribution < 1.29 is 35.1 Å². The van der Waals surface area contributed by atoms with Gasteiger partial charge < -0.3 is 30.3 Å². The van der Waals surface area contributed by atoms with Crippen molar-refractivity contribution in [3.05, 3.63) is 4.91 Å². The lowest BCUT2D eigenvalue weighted by atomic mass is 9.95. The molecular formula is C11H20N2O8. The molecular weight excluding hydrogens is 288 g/mol. The molecule has 0 saturated carbocycles. The van der Waals surface area contributed by atoms with Crippen LogP contribution in [0, 0.1) is 10.8 Å². The van der Waals surface area contributed by atoms with Crippen LogP contribution in [-0.2, 0) is 9.53 Å². The van der Waals surface area contributed by atoms with Crippen molar-refractivity contribution in [1.82, 2.24) is 5.01 Å². The summed E-state index contributed by atoms with van der Waals surface area (Å²) >= 11 is 0. The molecule has 0 aromatic heterocycles. The number of rotatable bonds is 6. The van der Waals surface area contributed by atoms with Gasteiger partial charge in [-0.1, -0.05) is 13.8 Å². The Balaban J connectivity index is 2.94. The molecule has 0 aromatic rings. The van der Waals surface area contributed by atoms with Gasteiger partial charge in [-0.25, -0.2) is 9.80 Å². The Kier molecular flexibility index (Phi) is 5.59. The molecule has 1 rings (SSSR count). The van der Waals surface area contributed by atoms with E-state index in [9.17, 15) is 30.1 Å². The van der Waals surface area contributed by atoms with Gasteiger partial charge in [-0.2, -0.15) is 0 Å². The maximum Gasteiger partial charge on any atom is 0.328 e. The minimum Gasteiger partial charge on any atom is -0.480 e. The monoisotopic (exact) mass is 308 g/mol. The molecule has 1 aliphatic rings. The predicted molar refractivity (Wildman–Crippen MR) is 67.7 cm³/mol. The zero-order chi connectivity index (χ0) is 16.4. The molecule has 10 nitrogen and oxygen atoms in total. The van der Waals surface area contributed by atoms with Crippen molar-refractivity contribution in [2.45, 2.75) is 44.0 Å². The number of nitrogens with zero attached hydrogens (tertiary/aromatic N) is 2. The number of carboxylic acids is 1. The lowest BCUT2D eigenvalue weighted by molar-refractivity contribution is -0.326. The lowest BCUT2D eigenvalue weighted by Crippen LogP contribution is -2.65. The molecule has 0 aromatic carbocycles. The Labute approximate surface area is 120 Å². The summed E-state index contributed by atoms with van der Waals surface area (Å²) in [6.45, 7) is 1.83. The quantitative estimate of drug-likeness (QED) is 0.273. The van der Waals surface area contributed by atoms with Crippen LogP contribution in [-0.4, -0.2) is 79.8 Å². The Morgan fingerprint density at radius 1 is 1.43 bits per heavy atom. The van der Waals surface area contributed by atoms with Crippen LogP contribution in [0.25, 0.3) is 0 Å². The average molecular weight is 308 g/mol. The van der Waals surface area contributed by atoms with E-state index in [0.29, 0.717) is 5.01 Å². The minimum atomic E-state index is -2.42. The van der Waals surface area contributed by atoms with E-state index in [0.717, 1.165) is 0 Å². The van der Waals surface area contributed by atoms with E-state index in [1.54, 1.807) is 0 Å². The number of ether oxygens (including phenoxy) is 1. The van der Waals surface area contributed by atoms with Gasteiger partial charge in [0.15, 0.2) is 0 Å². The SMILES string of the molecule is CC(C)[C@@H](C(=O)O)N(C[C@]1(O)OC[C@@H](O)[C@@H](O)[C@H]1O)N=O. The van der Waals surface area contributed by atoms with Crippen LogP contribution < -0.4 is 0 Å². The summed E-state index contributed by atoms with van der Waals surface area (Å²) in [4.78, 5) is 22.0. The third-order valence-electron chi connectivity index (χ3n) is 3.38. The fourth-order valence-corrected chi connectivity index (χ4v) is 2.20. The molecule has 5 N–H and O–H groups in total. The first-order valence-corrected chi connectivity index (χ1v) is 6.37. The number of aliphatic hydroxyl groups is 4. The third-order valence-corrected chi connectivity index (χ3v) is 3.38. The van der Waals surface area contributed by atoms with Crippen molar-refractivity contribution >= 4 is 5.97 Å². The van der Waals surface area contributed by atoms with E-state index in [2.05, 4.69) is 5.29 Å². The lowest BCUT2D eigenvalue weighted by Gasteiger charge is -2.43. The van der Waals surface area contributed by atoms with Gasteiger partial charge in [0.05, 0.1) is 18.4 Å². The number of aliphatic hydroxyl groups excluding tert-OH is 3. The van der Waals surface area contributed by atoms with Gasteiger partial charge in [0.2, 0.25) is 5.79 Å². The highest BCUT2D eigenvalue weighted by molar-refractivity contribution is 5.73. The van der Waals surface area contributed by atoms with E-state index >= 15 is 0 Å². The predicted octanol–water partition coefficient (Wildman–Crippen LogP) is -2.12. The average Bonchev–Trinajstić information content (AvgIpc) is 2.39. The molecule has 10 heteroatoms. The second kappa shape index (κ2) is 6.62. The zero-order valence-electron chi connectivity index (χ0n) is 11.7. The van der Waals surface area contributed by atoms with Gasteiger partial charge in [-0.15, -0.1) is 4.91 Å². The summed E-state index contributed by atoms with van der Waals surface area (Å²) in [5.74, 6) is -4.27. The number of hydrogen-bond acceptors (Lipinski definition) is 8. The summed E-state index contributed by atoms with van der Waals surface area (Å²) < 4.78 is 4.86. The molecule has 1 aliphatic heterocycles. The first-order chi connectivity index (χ1) is 9.64. The van der Waals surface area contributed by atoms with E-state index in [-0.39, 0.29) is 0 Å². The van der Waals surface area contributed by atoms with Crippen LogP contribution in [0.4, 0.5) is 0 Å². The maximum absolute atomic E-state index is 11.2. The van der Waals surface area contributed by atoms with Crippen LogP contribution in [0.2, 0.25) is 0 Å². The number of hydrogen-bond donors (Lipinski definition) is 5. The van der Waals surface area contributed by atoms with Crippen molar-refractivity contribution in [3.63, 3.8) is 0 Å². The summed E-state index contributed by atoms with van der Waals surface area (Å²) in [7, 11) is 0.